The zero-order chi connectivity index (χ0) is 11.2. The second-order valence-corrected chi connectivity index (χ2v) is 5.69. The van der Waals surface area contributed by atoms with Crippen LogP contribution in [0.25, 0.3) is 0 Å². The van der Waals surface area contributed by atoms with Crippen LogP contribution < -0.4 is 5.32 Å². The molecule has 0 amide bonds. The minimum atomic E-state index is 0.812. The first-order valence-corrected chi connectivity index (χ1v) is 6.86. The van der Waals surface area contributed by atoms with Gasteiger partial charge in [0.15, 0.2) is 0 Å². The van der Waals surface area contributed by atoms with E-state index in [1.165, 1.54) is 22.7 Å². The monoisotopic (exact) mass is 240 g/mol. The minimum absolute atomic E-state index is 0.812. The first-order valence-electron chi connectivity index (χ1n) is 6.04. The van der Waals surface area contributed by atoms with Gasteiger partial charge < -0.3 is 10.1 Å². The van der Waals surface area contributed by atoms with Gasteiger partial charge in [-0.15, -0.1) is 11.3 Å². The highest BCUT2D eigenvalue weighted by Gasteiger charge is 2.12. The zero-order valence-corrected chi connectivity index (χ0v) is 10.7. The van der Waals surface area contributed by atoms with E-state index in [9.17, 15) is 0 Å². The second kappa shape index (κ2) is 6.33. The van der Waals surface area contributed by atoms with Crippen LogP contribution in [0.3, 0.4) is 0 Å². The van der Waals surface area contributed by atoms with Crippen molar-refractivity contribution in [3.8, 4) is 0 Å². The normalized spacial score (nSPS) is 17.8. The Morgan fingerprint density at radius 1 is 1.50 bits per heavy atom. The van der Waals surface area contributed by atoms with Crippen LogP contribution in [0.4, 0.5) is 0 Å². The van der Waals surface area contributed by atoms with E-state index in [-0.39, 0.29) is 0 Å². The van der Waals surface area contributed by atoms with Gasteiger partial charge in [-0.1, -0.05) is 0 Å². The average Bonchev–Trinajstić information content (AvgIpc) is 2.72. The summed E-state index contributed by atoms with van der Waals surface area (Å²) in [6, 6.07) is 0. The van der Waals surface area contributed by atoms with E-state index in [0.717, 1.165) is 38.6 Å². The molecule has 1 aliphatic heterocycles. The van der Waals surface area contributed by atoms with Crippen molar-refractivity contribution in [2.75, 3.05) is 26.3 Å². The van der Waals surface area contributed by atoms with Crippen LogP contribution >= 0.6 is 11.3 Å². The molecule has 1 aromatic heterocycles. The summed E-state index contributed by atoms with van der Waals surface area (Å²) in [4.78, 5) is 5.66. The maximum absolute atomic E-state index is 5.34. The molecule has 1 aromatic rings. The molecule has 90 valence electrons. The molecule has 0 spiro atoms. The van der Waals surface area contributed by atoms with Crippen molar-refractivity contribution in [2.24, 2.45) is 5.92 Å². The molecule has 0 atom stereocenters. The quantitative estimate of drug-likeness (QED) is 0.799. The average molecular weight is 240 g/mol. The Kier molecular flexibility index (Phi) is 4.75. The summed E-state index contributed by atoms with van der Waals surface area (Å²) >= 11 is 1.80. The van der Waals surface area contributed by atoms with Crippen LogP contribution in [0, 0.1) is 12.8 Å². The number of nitrogens with zero attached hydrogens (tertiary/aromatic N) is 1. The Morgan fingerprint density at radius 3 is 3.00 bits per heavy atom. The first-order chi connectivity index (χ1) is 7.84. The summed E-state index contributed by atoms with van der Waals surface area (Å²) in [5, 5.41) is 4.77. The van der Waals surface area contributed by atoms with Gasteiger partial charge in [0.05, 0.1) is 5.01 Å². The maximum Gasteiger partial charge on any atom is 0.0940 e. The minimum Gasteiger partial charge on any atom is -0.381 e. The Balaban J connectivity index is 1.57. The van der Waals surface area contributed by atoms with Crippen molar-refractivity contribution in [1.82, 2.24) is 10.3 Å². The molecule has 0 radical (unpaired) electrons. The fraction of sp³-hybridized carbons (Fsp3) is 0.750. The van der Waals surface area contributed by atoms with Crippen molar-refractivity contribution in [3.05, 3.63) is 16.1 Å². The third-order valence-electron chi connectivity index (χ3n) is 2.96. The van der Waals surface area contributed by atoms with Crippen molar-refractivity contribution in [1.29, 1.82) is 0 Å². The molecule has 16 heavy (non-hydrogen) atoms. The molecule has 0 aromatic carbocycles. The summed E-state index contributed by atoms with van der Waals surface area (Å²) in [6.07, 6.45) is 5.44. The van der Waals surface area contributed by atoms with Gasteiger partial charge in [0.2, 0.25) is 0 Å². The molecule has 0 bridgehead atoms. The van der Waals surface area contributed by atoms with Crippen molar-refractivity contribution in [3.63, 3.8) is 0 Å². The fourth-order valence-electron chi connectivity index (χ4n) is 1.97. The molecule has 2 rings (SSSR count). The van der Waals surface area contributed by atoms with Gasteiger partial charge in [-0.05, 0) is 32.2 Å². The number of thiazole rings is 1. The summed E-state index contributed by atoms with van der Waals surface area (Å²) in [7, 11) is 0. The molecular weight excluding hydrogens is 220 g/mol. The highest BCUT2D eigenvalue weighted by atomic mass is 32.1. The van der Waals surface area contributed by atoms with Gasteiger partial charge in [-0.2, -0.15) is 0 Å². The van der Waals surface area contributed by atoms with E-state index in [2.05, 4.69) is 17.2 Å². The molecule has 2 heterocycles. The van der Waals surface area contributed by atoms with Gasteiger partial charge in [0.1, 0.15) is 0 Å². The molecule has 4 heteroatoms. The van der Waals surface area contributed by atoms with Crippen molar-refractivity contribution >= 4 is 11.3 Å². The SMILES string of the molecule is Cc1cnc(CCNCC2CCOCC2)s1. The zero-order valence-electron chi connectivity index (χ0n) is 9.87. The lowest BCUT2D eigenvalue weighted by Crippen LogP contribution is -2.29. The molecule has 1 N–H and O–H groups in total. The number of aryl methyl sites for hydroxylation is 1. The summed E-state index contributed by atoms with van der Waals surface area (Å²) in [5.41, 5.74) is 0. The summed E-state index contributed by atoms with van der Waals surface area (Å²) in [6.45, 7) is 6.17. The van der Waals surface area contributed by atoms with Gasteiger partial charge in [-0.3, -0.25) is 0 Å². The number of ether oxygens (including phenoxy) is 1. The van der Waals surface area contributed by atoms with E-state index in [1.807, 2.05) is 6.20 Å². The molecular formula is C12H20N2OS. The lowest BCUT2D eigenvalue weighted by molar-refractivity contribution is 0.0664. The van der Waals surface area contributed by atoms with E-state index >= 15 is 0 Å². The largest absolute Gasteiger partial charge is 0.381 e. The molecule has 0 unspecified atom stereocenters. The van der Waals surface area contributed by atoms with Crippen LogP contribution in [0.1, 0.15) is 22.7 Å². The van der Waals surface area contributed by atoms with Crippen molar-refractivity contribution in [2.45, 2.75) is 26.2 Å². The molecule has 0 saturated carbocycles. The Labute approximate surface area is 101 Å². The molecule has 1 saturated heterocycles. The van der Waals surface area contributed by atoms with Gasteiger partial charge in [-0.25, -0.2) is 4.98 Å². The predicted molar refractivity (Wildman–Crippen MR) is 67.0 cm³/mol. The number of hydrogen-bond acceptors (Lipinski definition) is 4. The van der Waals surface area contributed by atoms with Crippen molar-refractivity contribution < 1.29 is 4.74 Å². The van der Waals surface area contributed by atoms with Gasteiger partial charge in [0.25, 0.3) is 0 Å². The Bertz CT molecular complexity index is 308. The Hall–Kier alpha value is -0.450. The van der Waals surface area contributed by atoms with Crippen LogP contribution in [-0.4, -0.2) is 31.3 Å². The number of nitrogens with one attached hydrogen (secondary N) is 1. The topological polar surface area (TPSA) is 34.2 Å². The standard InChI is InChI=1S/C12H20N2OS/c1-10-8-14-12(16-10)2-5-13-9-11-3-6-15-7-4-11/h8,11,13H,2-7,9H2,1H3. The molecule has 0 aliphatic carbocycles. The third-order valence-corrected chi connectivity index (χ3v) is 3.93. The lowest BCUT2D eigenvalue weighted by Gasteiger charge is -2.22. The predicted octanol–water partition coefficient (Wildman–Crippen LogP) is 2.01. The van der Waals surface area contributed by atoms with E-state index in [4.69, 9.17) is 4.74 Å². The number of rotatable bonds is 5. The van der Waals surface area contributed by atoms with Crippen LogP contribution in [0.5, 0.6) is 0 Å². The van der Waals surface area contributed by atoms with Gasteiger partial charge >= 0.3 is 0 Å². The molecule has 1 fully saturated rings. The van der Waals surface area contributed by atoms with Gasteiger partial charge in [0, 0.05) is 37.3 Å². The smallest absolute Gasteiger partial charge is 0.0940 e. The third kappa shape index (κ3) is 3.85. The first kappa shape index (κ1) is 12.0. The maximum atomic E-state index is 5.34. The summed E-state index contributed by atoms with van der Waals surface area (Å²) < 4.78 is 5.34. The molecule has 3 nitrogen and oxygen atoms in total. The van der Waals surface area contributed by atoms with E-state index in [0.29, 0.717) is 0 Å². The summed E-state index contributed by atoms with van der Waals surface area (Å²) in [5.74, 6) is 0.812. The van der Waals surface area contributed by atoms with Crippen LogP contribution in [0.2, 0.25) is 0 Å². The van der Waals surface area contributed by atoms with Crippen LogP contribution in [-0.2, 0) is 11.2 Å². The number of aromatic nitrogens is 1. The van der Waals surface area contributed by atoms with Crippen LogP contribution in [0.15, 0.2) is 6.20 Å². The highest BCUT2D eigenvalue weighted by molar-refractivity contribution is 7.11. The second-order valence-electron chi connectivity index (χ2n) is 4.37. The lowest BCUT2D eigenvalue weighted by atomic mass is 10.0. The van der Waals surface area contributed by atoms with E-state index in [1.54, 1.807) is 11.3 Å². The highest BCUT2D eigenvalue weighted by Crippen LogP contribution is 2.13. The Morgan fingerprint density at radius 2 is 2.31 bits per heavy atom. The fourth-order valence-corrected chi connectivity index (χ4v) is 2.76. The van der Waals surface area contributed by atoms with E-state index < -0.39 is 0 Å². The molecule has 1 aliphatic rings. The number of hydrogen-bond donors (Lipinski definition) is 1.